The highest BCUT2D eigenvalue weighted by Crippen LogP contribution is 2.37. The topological polar surface area (TPSA) is 70.8 Å². The van der Waals surface area contributed by atoms with Gasteiger partial charge in [-0.3, -0.25) is 9.69 Å². The van der Waals surface area contributed by atoms with Crippen LogP contribution in [0.1, 0.15) is 16.1 Å². The number of carbonyl (C=O) groups excluding carboxylic acids is 1. The number of thioether (sulfide) groups is 1. The van der Waals surface area contributed by atoms with Crippen LogP contribution in [-0.4, -0.2) is 21.3 Å². The quantitative estimate of drug-likeness (QED) is 0.390. The minimum absolute atomic E-state index is 0.107. The van der Waals surface area contributed by atoms with E-state index >= 15 is 0 Å². The minimum Gasteiger partial charge on any atom is -0.478 e. The molecule has 0 radical (unpaired) electrons. The lowest BCUT2D eigenvalue weighted by Gasteiger charge is -2.14. The fourth-order valence-electron chi connectivity index (χ4n) is 2.83. The van der Waals surface area contributed by atoms with E-state index in [9.17, 15) is 14.0 Å². The van der Waals surface area contributed by atoms with Crippen molar-refractivity contribution in [1.29, 1.82) is 0 Å². The van der Waals surface area contributed by atoms with E-state index in [-0.39, 0.29) is 20.8 Å². The van der Waals surface area contributed by atoms with E-state index in [0.29, 0.717) is 27.7 Å². The molecule has 30 heavy (non-hydrogen) atoms. The van der Waals surface area contributed by atoms with Crippen molar-refractivity contribution < 1.29 is 23.5 Å². The number of amides is 1. The predicted octanol–water partition coefficient (Wildman–Crippen LogP) is 5.84. The summed E-state index contributed by atoms with van der Waals surface area (Å²) in [5.41, 5.74) is 1.12. The number of carboxylic acids is 1. The van der Waals surface area contributed by atoms with Crippen LogP contribution in [0.25, 0.3) is 17.4 Å². The second-order valence-electron chi connectivity index (χ2n) is 6.20. The zero-order valence-electron chi connectivity index (χ0n) is 15.0. The number of hydrogen-bond acceptors (Lipinski definition) is 5. The number of furan rings is 1. The first kappa shape index (κ1) is 20.3. The molecule has 0 saturated carbocycles. The third kappa shape index (κ3) is 3.89. The van der Waals surface area contributed by atoms with Gasteiger partial charge in [-0.1, -0.05) is 47.7 Å². The standard InChI is InChI=1S/C21H11ClFNO4S2/c22-15-9-13(4-6-16(15)23)24-19(25)18(30-21(24)29)10-14-5-7-17(28-14)11-2-1-3-12(8-11)20(26)27/h1-10H,(H,26,27)/b18-10+. The van der Waals surface area contributed by atoms with Crippen molar-refractivity contribution in [3.63, 3.8) is 0 Å². The molecule has 1 amide bonds. The number of carboxylic acid groups (broad SMARTS) is 1. The Morgan fingerprint density at radius 2 is 2.00 bits per heavy atom. The van der Waals surface area contributed by atoms with Crippen molar-refractivity contribution in [1.82, 2.24) is 0 Å². The van der Waals surface area contributed by atoms with Crippen LogP contribution in [0.4, 0.5) is 10.1 Å². The van der Waals surface area contributed by atoms with Crippen LogP contribution in [0.2, 0.25) is 5.02 Å². The van der Waals surface area contributed by atoms with Gasteiger partial charge < -0.3 is 9.52 Å². The second-order valence-corrected chi connectivity index (χ2v) is 8.29. The molecule has 0 spiro atoms. The van der Waals surface area contributed by atoms with Gasteiger partial charge in [-0.15, -0.1) is 0 Å². The molecule has 0 atom stereocenters. The smallest absolute Gasteiger partial charge is 0.335 e. The van der Waals surface area contributed by atoms with Gasteiger partial charge in [0, 0.05) is 11.6 Å². The molecule has 1 fully saturated rings. The van der Waals surface area contributed by atoms with Crippen molar-refractivity contribution in [3.05, 3.63) is 81.7 Å². The van der Waals surface area contributed by atoms with Crippen molar-refractivity contribution in [3.8, 4) is 11.3 Å². The first-order chi connectivity index (χ1) is 14.3. The molecule has 1 aromatic heterocycles. The molecule has 9 heteroatoms. The molecule has 150 valence electrons. The third-order valence-electron chi connectivity index (χ3n) is 4.25. The Bertz CT molecular complexity index is 1240. The van der Waals surface area contributed by atoms with E-state index in [1.165, 1.54) is 35.2 Å². The fraction of sp³-hybridized carbons (Fsp3) is 0. The molecule has 1 aliphatic heterocycles. The first-order valence-electron chi connectivity index (χ1n) is 8.50. The predicted molar refractivity (Wildman–Crippen MR) is 118 cm³/mol. The highest BCUT2D eigenvalue weighted by atomic mass is 35.5. The summed E-state index contributed by atoms with van der Waals surface area (Å²) in [6.07, 6.45) is 1.55. The van der Waals surface area contributed by atoms with Crippen LogP contribution in [0.5, 0.6) is 0 Å². The molecule has 0 aliphatic carbocycles. The summed E-state index contributed by atoms with van der Waals surface area (Å²) < 4.78 is 19.5. The summed E-state index contributed by atoms with van der Waals surface area (Å²) in [6.45, 7) is 0. The fourth-order valence-corrected chi connectivity index (χ4v) is 4.29. The van der Waals surface area contributed by atoms with E-state index < -0.39 is 11.8 Å². The van der Waals surface area contributed by atoms with Gasteiger partial charge in [0.2, 0.25) is 0 Å². The van der Waals surface area contributed by atoms with Crippen LogP contribution < -0.4 is 4.90 Å². The van der Waals surface area contributed by atoms with Crippen LogP contribution in [-0.2, 0) is 4.79 Å². The number of aromatic carboxylic acids is 1. The molecule has 2 heterocycles. The van der Waals surface area contributed by atoms with Crippen LogP contribution in [0, 0.1) is 5.82 Å². The summed E-state index contributed by atoms with van der Waals surface area (Å²) in [5, 5.41) is 9.02. The molecule has 1 aliphatic rings. The SMILES string of the molecule is O=C(O)c1cccc(-c2ccc(/C=C3/SC(=S)N(c4ccc(F)c(Cl)c4)C3=O)o2)c1. The zero-order chi connectivity index (χ0) is 21.4. The number of hydrogen-bond donors (Lipinski definition) is 1. The number of halogens is 2. The number of carbonyl (C=O) groups is 2. The molecule has 1 saturated heterocycles. The maximum absolute atomic E-state index is 13.4. The zero-order valence-corrected chi connectivity index (χ0v) is 17.4. The molecule has 4 rings (SSSR count). The van der Waals surface area contributed by atoms with E-state index in [4.69, 9.17) is 33.3 Å². The first-order valence-corrected chi connectivity index (χ1v) is 10.1. The van der Waals surface area contributed by atoms with Crippen molar-refractivity contribution >= 4 is 63.5 Å². The average molecular weight is 460 g/mol. The van der Waals surface area contributed by atoms with Crippen LogP contribution in [0.15, 0.2) is 63.9 Å². The number of benzene rings is 2. The maximum Gasteiger partial charge on any atom is 0.335 e. The van der Waals surface area contributed by atoms with Gasteiger partial charge in [0.25, 0.3) is 5.91 Å². The van der Waals surface area contributed by atoms with Gasteiger partial charge in [0.15, 0.2) is 4.32 Å². The molecular formula is C21H11ClFNO4S2. The van der Waals surface area contributed by atoms with Gasteiger partial charge in [-0.05, 0) is 42.5 Å². The van der Waals surface area contributed by atoms with Crippen LogP contribution in [0.3, 0.4) is 0 Å². The Morgan fingerprint density at radius 3 is 2.73 bits per heavy atom. The Morgan fingerprint density at radius 1 is 1.20 bits per heavy atom. The van der Waals surface area contributed by atoms with Gasteiger partial charge in [0.1, 0.15) is 17.3 Å². The molecule has 2 aromatic carbocycles. The van der Waals surface area contributed by atoms with E-state index in [0.717, 1.165) is 11.8 Å². The van der Waals surface area contributed by atoms with Crippen molar-refractivity contribution in [2.75, 3.05) is 4.90 Å². The average Bonchev–Trinajstić information content (AvgIpc) is 3.29. The van der Waals surface area contributed by atoms with Gasteiger partial charge in [-0.25, -0.2) is 9.18 Å². The highest BCUT2D eigenvalue weighted by molar-refractivity contribution is 8.27. The lowest BCUT2D eigenvalue weighted by Crippen LogP contribution is -2.27. The van der Waals surface area contributed by atoms with E-state index in [1.807, 2.05) is 0 Å². The summed E-state index contributed by atoms with van der Waals surface area (Å²) in [5.74, 6) is -1.13. The Balaban J connectivity index is 1.61. The number of thiocarbonyl (C=S) groups is 1. The molecular weight excluding hydrogens is 449 g/mol. The van der Waals surface area contributed by atoms with Crippen molar-refractivity contribution in [2.45, 2.75) is 0 Å². The molecule has 5 nitrogen and oxygen atoms in total. The lowest BCUT2D eigenvalue weighted by molar-refractivity contribution is -0.113. The third-order valence-corrected chi connectivity index (χ3v) is 5.84. The van der Waals surface area contributed by atoms with Crippen molar-refractivity contribution in [2.24, 2.45) is 0 Å². The monoisotopic (exact) mass is 459 g/mol. The largest absolute Gasteiger partial charge is 0.478 e. The Kier molecular flexibility index (Phi) is 5.46. The molecule has 3 aromatic rings. The Labute approximate surface area is 184 Å². The number of anilines is 1. The van der Waals surface area contributed by atoms with Gasteiger partial charge in [0.05, 0.1) is 21.2 Å². The van der Waals surface area contributed by atoms with Crippen LogP contribution >= 0.6 is 35.6 Å². The molecule has 1 N–H and O–H groups in total. The second kappa shape index (κ2) is 8.06. The summed E-state index contributed by atoms with van der Waals surface area (Å²) in [4.78, 5) is 25.6. The van der Waals surface area contributed by atoms with E-state index in [2.05, 4.69) is 0 Å². The lowest BCUT2D eigenvalue weighted by atomic mass is 10.1. The summed E-state index contributed by atoms with van der Waals surface area (Å²) in [6, 6.07) is 13.6. The van der Waals surface area contributed by atoms with Gasteiger partial charge in [-0.2, -0.15) is 0 Å². The minimum atomic E-state index is -1.03. The number of nitrogens with zero attached hydrogens (tertiary/aromatic N) is 1. The van der Waals surface area contributed by atoms with Gasteiger partial charge >= 0.3 is 5.97 Å². The summed E-state index contributed by atoms with van der Waals surface area (Å²) in [7, 11) is 0. The highest BCUT2D eigenvalue weighted by Gasteiger charge is 2.34. The molecule has 0 bridgehead atoms. The maximum atomic E-state index is 13.4. The Hall–Kier alpha value is -2.94. The summed E-state index contributed by atoms with van der Waals surface area (Å²) >= 11 is 12.2. The number of rotatable bonds is 4. The van der Waals surface area contributed by atoms with E-state index in [1.54, 1.807) is 30.3 Å². The normalized spacial score (nSPS) is 15.3. The molecule has 0 unspecified atom stereocenters.